The van der Waals surface area contributed by atoms with Crippen LogP contribution in [0.3, 0.4) is 0 Å². The van der Waals surface area contributed by atoms with Crippen molar-refractivity contribution in [2.75, 3.05) is 0 Å². The SMILES string of the molecule is F.F.F.F.F.[H-].[Li+].[SiH3]c1ccccc1. The summed E-state index contributed by atoms with van der Waals surface area (Å²) in [6.45, 7) is 0. The van der Waals surface area contributed by atoms with E-state index in [2.05, 4.69) is 24.3 Å². The van der Waals surface area contributed by atoms with E-state index in [4.69, 9.17) is 0 Å². The summed E-state index contributed by atoms with van der Waals surface area (Å²) < 4.78 is 0. The zero-order valence-corrected chi connectivity index (χ0v) is 9.43. The van der Waals surface area contributed by atoms with Crippen molar-refractivity contribution in [2.24, 2.45) is 0 Å². The molecule has 1 aromatic carbocycles. The van der Waals surface area contributed by atoms with Gasteiger partial charge in [0.2, 0.25) is 0 Å². The number of benzene rings is 1. The van der Waals surface area contributed by atoms with Gasteiger partial charge in [-0.1, -0.05) is 35.5 Å². The van der Waals surface area contributed by atoms with Crippen LogP contribution in [0.4, 0.5) is 23.5 Å². The van der Waals surface area contributed by atoms with Crippen molar-refractivity contribution in [3.8, 4) is 0 Å². The molecule has 0 heterocycles. The molecule has 1 aromatic rings. The van der Waals surface area contributed by atoms with E-state index in [0.29, 0.717) is 0 Å². The van der Waals surface area contributed by atoms with Gasteiger partial charge in [-0.15, -0.1) is 0 Å². The normalized spacial score (nSPS) is 4.92. The van der Waals surface area contributed by atoms with Crippen LogP contribution in [0.25, 0.3) is 0 Å². The van der Waals surface area contributed by atoms with Crippen molar-refractivity contribution in [1.29, 1.82) is 0 Å². The first-order valence-corrected chi connectivity index (χ1v) is 3.41. The van der Waals surface area contributed by atoms with E-state index >= 15 is 0 Å². The van der Waals surface area contributed by atoms with Gasteiger partial charge in [0, 0.05) is 10.2 Å². The number of hydrogen-bond donors (Lipinski definition) is 0. The molecule has 0 aliphatic heterocycles. The van der Waals surface area contributed by atoms with Gasteiger partial charge in [-0.05, 0) is 0 Å². The van der Waals surface area contributed by atoms with Crippen molar-refractivity contribution >= 4 is 15.4 Å². The van der Waals surface area contributed by atoms with Crippen LogP contribution in [-0.4, -0.2) is 10.2 Å². The number of hydrogen-bond acceptors (Lipinski definition) is 0. The zero-order chi connectivity index (χ0) is 5.11. The van der Waals surface area contributed by atoms with Crippen LogP contribution in [0.2, 0.25) is 0 Å². The summed E-state index contributed by atoms with van der Waals surface area (Å²) in [5, 5.41) is 1.46. The summed E-state index contributed by atoms with van der Waals surface area (Å²) in [4.78, 5) is 0. The molecule has 0 aliphatic carbocycles. The third-order valence-electron chi connectivity index (χ3n) is 0.940. The Kier molecular flexibility index (Phi) is 67.3. The van der Waals surface area contributed by atoms with Crippen LogP contribution in [0.5, 0.6) is 0 Å². The molecule has 0 aliphatic rings. The van der Waals surface area contributed by atoms with Crippen LogP contribution >= 0.6 is 0 Å². The van der Waals surface area contributed by atoms with E-state index in [1.54, 1.807) is 0 Å². The minimum absolute atomic E-state index is 0. The van der Waals surface area contributed by atoms with Crippen LogP contribution in [-0.2, 0) is 0 Å². The topological polar surface area (TPSA) is 0 Å². The molecule has 0 radical (unpaired) electrons. The van der Waals surface area contributed by atoms with E-state index in [0.717, 1.165) is 0 Å². The Morgan fingerprint density at radius 1 is 0.769 bits per heavy atom. The molecule has 13 heavy (non-hydrogen) atoms. The molecule has 0 aromatic heterocycles. The Labute approximate surface area is 90.0 Å². The standard InChI is InChI=1S/C6H8Si.5FH.Li.H/c7-6-4-2-1-3-5-6;;;;;;;/h1-5H,7H3;5*1H;;/q;;;;;;+1;-1. The van der Waals surface area contributed by atoms with E-state index in [9.17, 15) is 0 Å². The molecular formula is C6H14F5LiSi. The molecular weight excluding hydrogens is 202 g/mol. The summed E-state index contributed by atoms with van der Waals surface area (Å²) in [6.07, 6.45) is 0. The average molecular weight is 216 g/mol. The van der Waals surface area contributed by atoms with E-state index < -0.39 is 0 Å². The molecule has 7 heteroatoms. The fraction of sp³-hybridized carbons (Fsp3) is 0. The first-order chi connectivity index (χ1) is 3.39. The fourth-order valence-corrected chi connectivity index (χ4v) is 0.919. The Morgan fingerprint density at radius 2 is 1.08 bits per heavy atom. The molecule has 0 saturated heterocycles. The summed E-state index contributed by atoms with van der Waals surface area (Å²) in [7, 11) is 1.17. The minimum Gasteiger partial charge on any atom is -1.00 e. The van der Waals surface area contributed by atoms with Crippen molar-refractivity contribution in [3.63, 3.8) is 0 Å². The molecule has 0 saturated carbocycles. The van der Waals surface area contributed by atoms with Crippen LogP contribution in [0, 0.1) is 0 Å². The number of rotatable bonds is 0. The predicted octanol–water partition coefficient (Wildman–Crippen LogP) is -2.44. The van der Waals surface area contributed by atoms with Crippen molar-refractivity contribution < 1.29 is 43.8 Å². The van der Waals surface area contributed by atoms with Gasteiger partial charge >= 0.3 is 18.9 Å². The van der Waals surface area contributed by atoms with Gasteiger partial charge < -0.3 is 1.43 Å². The first kappa shape index (κ1) is 38.8. The quantitative estimate of drug-likeness (QED) is 0.334. The van der Waals surface area contributed by atoms with Crippen LogP contribution in [0.1, 0.15) is 1.43 Å². The van der Waals surface area contributed by atoms with Gasteiger partial charge in [-0.25, -0.2) is 0 Å². The van der Waals surface area contributed by atoms with Gasteiger partial charge in [0.15, 0.2) is 0 Å². The van der Waals surface area contributed by atoms with Crippen molar-refractivity contribution in [2.45, 2.75) is 0 Å². The second kappa shape index (κ2) is 22.6. The molecule has 0 atom stereocenters. The molecule has 0 unspecified atom stereocenters. The summed E-state index contributed by atoms with van der Waals surface area (Å²) in [5.74, 6) is 0. The van der Waals surface area contributed by atoms with E-state index in [1.165, 1.54) is 15.4 Å². The summed E-state index contributed by atoms with van der Waals surface area (Å²) in [6, 6.07) is 10.5. The van der Waals surface area contributed by atoms with Crippen molar-refractivity contribution in [1.82, 2.24) is 0 Å². The molecule has 0 nitrogen and oxygen atoms in total. The molecule has 0 bridgehead atoms. The summed E-state index contributed by atoms with van der Waals surface area (Å²) >= 11 is 0. The average Bonchev–Trinajstić information content (AvgIpc) is 1.69. The Morgan fingerprint density at radius 3 is 1.23 bits per heavy atom. The summed E-state index contributed by atoms with van der Waals surface area (Å²) in [5.41, 5.74) is 0. The first-order valence-electron chi connectivity index (χ1n) is 2.41. The van der Waals surface area contributed by atoms with Crippen LogP contribution < -0.4 is 24.0 Å². The fourth-order valence-electron chi connectivity index (χ4n) is 0.534. The third-order valence-corrected chi connectivity index (χ3v) is 1.61. The van der Waals surface area contributed by atoms with Gasteiger partial charge in [-0.2, -0.15) is 0 Å². The Bertz CT molecular complexity index is 156. The number of halogens is 5. The van der Waals surface area contributed by atoms with Gasteiger partial charge in [-0.3, -0.25) is 23.5 Å². The Balaban J connectivity index is -0.0000000140. The molecule has 0 spiro atoms. The van der Waals surface area contributed by atoms with Gasteiger partial charge in [0.1, 0.15) is 0 Å². The van der Waals surface area contributed by atoms with Crippen LogP contribution in [0.15, 0.2) is 30.3 Å². The van der Waals surface area contributed by atoms with E-state index in [-0.39, 0.29) is 43.8 Å². The van der Waals surface area contributed by atoms with E-state index in [1.807, 2.05) is 6.07 Å². The second-order valence-corrected chi connectivity index (χ2v) is 2.81. The van der Waals surface area contributed by atoms with Gasteiger partial charge in [0.25, 0.3) is 0 Å². The molecule has 1 rings (SSSR count). The van der Waals surface area contributed by atoms with Crippen molar-refractivity contribution in [3.05, 3.63) is 30.3 Å². The maximum absolute atomic E-state index is 2.15. The predicted molar refractivity (Wildman–Crippen MR) is 49.6 cm³/mol. The Hall–Kier alpha value is -0.316. The second-order valence-electron chi connectivity index (χ2n) is 1.65. The molecule has 0 amide bonds. The minimum atomic E-state index is 0. The third kappa shape index (κ3) is 18.6. The maximum atomic E-state index is 2.15. The largest absolute Gasteiger partial charge is 1.00 e. The molecule has 0 fully saturated rings. The smallest absolute Gasteiger partial charge is 1.00 e. The monoisotopic (exact) mass is 216 g/mol. The van der Waals surface area contributed by atoms with Gasteiger partial charge in [0.05, 0.1) is 0 Å². The molecule has 78 valence electrons. The zero-order valence-electron chi connectivity index (χ0n) is 8.43. The maximum Gasteiger partial charge on any atom is 1.00 e. The molecule has 0 N–H and O–H groups in total.